The van der Waals surface area contributed by atoms with Crippen LogP contribution in [0.4, 0.5) is 18.9 Å². The highest BCUT2D eigenvalue weighted by Crippen LogP contribution is 2.29. The van der Waals surface area contributed by atoms with Crippen LogP contribution in [0.15, 0.2) is 6.20 Å². The van der Waals surface area contributed by atoms with Crippen molar-refractivity contribution < 1.29 is 27.9 Å². The summed E-state index contributed by atoms with van der Waals surface area (Å²) in [5.41, 5.74) is 1.42. The lowest BCUT2D eigenvalue weighted by molar-refractivity contribution is -0.192. The summed E-state index contributed by atoms with van der Waals surface area (Å²) in [7, 11) is 1.86. The molecule has 136 valence electrons. The number of anilines is 1. The largest absolute Gasteiger partial charge is 0.490 e. The van der Waals surface area contributed by atoms with Crippen LogP contribution in [-0.2, 0) is 16.6 Å². The molecule has 0 aliphatic carbocycles. The molecule has 3 N–H and O–H groups in total. The first-order chi connectivity index (χ1) is 11.0. The summed E-state index contributed by atoms with van der Waals surface area (Å²) >= 11 is 0. The summed E-state index contributed by atoms with van der Waals surface area (Å²) in [6, 6.07) is 0. The van der Waals surface area contributed by atoms with Gasteiger partial charge in [0.25, 0.3) is 0 Å². The second-order valence-corrected chi connectivity index (χ2v) is 5.87. The summed E-state index contributed by atoms with van der Waals surface area (Å²) < 4.78 is 33.5. The standard InChI is InChI=1S/C12H20N4O.C2HF3O2/c1-9-10(8-16(3)15-9)14-11(17)12(2)4-6-13-7-5-12;3-2(4,5)1(6)7/h8,13H,4-7H2,1-3H3,(H,14,17);(H,6,7). The third-order valence-electron chi connectivity index (χ3n) is 3.76. The van der Waals surface area contributed by atoms with Gasteiger partial charge in [-0.2, -0.15) is 18.3 Å². The fraction of sp³-hybridized carbons (Fsp3) is 0.643. The molecule has 0 radical (unpaired) electrons. The number of carbonyl (C=O) groups excluding carboxylic acids is 1. The van der Waals surface area contributed by atoms with Crippen LogP contribution in [-0.4, -0.2) is 46.0 Å². The summed E-state index contributed by atoms with van der Waals surface area (Å²) in [6.45, 7) is 5.77. The number of nitrogens with one attached hydrogen (secondary N) is 2. The van der Waals surface area contributed by atoms with Gasteiger partial charge in [0.05, 0.1) is 11.4 Å². The second kappa shape index (κ2) is 7.65. The van der Waals surface area contributed by atoms with Crippen LogP contribution in [0.1, 0.15) is 25.5 Å². The number of hydrogen-bond acceptors (Lipinski definition) is 4. The molecule has 7 nitrogen and oxygen atoms in total. The van der Waals surface area contributed by atoms with E-state index in [1.165, 1.54) is 0 Å². The molecule has 0 unspecified atom stereocenters. The molecule has 1 amide bonds. The number of aromatic nitrogens is 2. The number of rotatable bonds is 2. The first-order valence-corrected chi connectivity index (χ1v) is 7.28. The van der Waals surface area contributed by atoms with Crippen molar-refractivity contribution in [2.45, 2.75) is 32.9 Å². The molecule has 0 spiro atoms. The summed E-state index contributed by atoms with van der Waals surface area (Å²) in [6.07, 6.45) is -1.46. The van der Waals surface area contributed by atoms with E-state index >= 15 is 0 Å². The van der Waals surface area contributed by atoms with Crippen LogP contribution in [0, 0.1) is 12.3 Å². The Bertz CT molecular complexity index is 593. The molecular weight excluding hydrogens is 329 g/mol. The summed E-state index contributed by atoms with van der Waals surface area (Å²) in [4.78, 5) is 21.2. The SMILES string of the molecule is Cc1nn(C)cc1NC(=O)C1(C)CCNCC1.O=C(O)C(F)(F)F. The van der Waals surface area contributed by atoms with Crippen LogP contribution < -0.4 is 10.6 Å². The number of carboxylic acids is 1. The Balaban J connectivity index is 0.000000351. The molecular formula is C14H21F3N4O3. The zero-order chi connectivity index (χ0) is 18.5. The first-order valence-electron chi connectivity index (χ1n) is 7.28. The second-order valence-electron chi connectivity index (χ2n) is 5.87. The van der Waals surface area contributed by atoms with Crippen LogP contribution in [0.3, 0.4) is 0 Å². The topological polar surface area (TPSA) is 96.3 Å². The van der Waals surface area contributed by atoms with Gasteiger partial charge < -0.3 is 15.7 Å². The molecule has 1 aromatic heterocycles. The lowest BCUT2D eigenvalue weighted by Crippen LogP contribution is -2.42. The zero-order valence-electron chi connectivity index (χ0n) is 13.7. The highest BCUT2D eigenvalue weighted by molar-refractivity contribution is 5.95. The quantitative estimate of drug-likeness (QED) is 0.754. The number of carbonyl (C=O) groups is 2. The van der Waals surface area contributed by atoms with Gasteiger partial charge in [-0.15, -0.1) is 0 Å². The van der Waals surface area contributed by atoms with Crippen molar-refractivity contribution in [3.63, 3.8) is 0 Å². The zero-order valence-corrected chi connectivity index (χ0v) is 13.7. The van der Waals surface area contributed by atoms with Crippen LogP contribution in [0.25, 0.3) is 0 Å². The van der Waals surface area contributed by atoms with E-state index in [2.05, 4.69) is 15.7 Å². The van der Waals surface area contributed by atoms with Crippen molar-refractivity contribution in [2.24, 2.45) is 12.5 Å². The lowest BCUT2D eigenvalue weighted by Gasteiger charge is -2.32. The Morgan fingerprint density at radius 1 is 1.38 bits per heavy atom. The number of aliphatic carboxylic acids is 1. The van der Waals surface area contributed by atoms with Gasteiger partial charge in [0.1, 0.15) is 0 Å². The van der Waals surface area contributed by atoms with Gasteiger partial charge in [0, 0.05) is 18.7 Å². The normalized spacial score (nSPS) is 16.8. The van der Waals surface area contributed by atoms with Crippen molar-refractivity contribution in [1.82, 2.24) is 15.1 Å². The van der Waals surface area contributed by atoms with E-state index in [-0.39, 0.29) is 11.3 Å². The van der Waals surface area contributed by atoms with Crippen molar-refractivity contribution in [2.75, 3.05) is 18.4 Å². The average Bonchev–Trinajstić information content (AvgIpc) is 2.77. The third-order valence-corrected chi connectivity index (χ3v) is 3.76. The molecule has 1 aromatic rings. The Morgan fingerprint density at radius 3 is 2.25 bits per heavy atom. The van der Waals surface area contributed by atoms with Gasteiger partial charge in [0.2, 0.25) is 5.91 Å². The number of alkyl halides is 3. The Morgan fingerprint density at radius 2 is 1.88 bits per heavy atom. The number of amides is 1. The molecule has 0 saturated carbocycles. The number of aryl methyl sites for hydroxylation is 2. The number of hydrogen-bond donors (Lipinski definition) is 3. The fourth-order valence-electron chi connectivity index (χ4n) is 2.20. The van der Waals surface area contributed by atoms with Gasteiger partial charge in [-0.1, -0.05) is 6.92 Å². The predicted octanol–water partition coefficient (Wildman–Crippen LogP) is 1.69. The minimum Gasteiger partial charge on any atom is -0.475 e. The minimum absolute atomic E-state index is 0.107. The van der Waals surface area contributed by atoms with Gasteiger partial charge in [0.15, 0.2) is 0 Å². The smallest absolute Gasteiger partial charge is 0.475 e. The number of carboxylic acid groups (broad SMARTS) is 1. The molecule has 2 rings (SSSR count). The van der Waals surface area contributed by atoms with Gasteiger partial charge in [-0.05, 0) is 32.9 Å². The average molecular weight is 350 g/mol. The van der Waals surface area contributed by atoms with Crippen molar-refractivity contribution >= 4 is 17.6 Å². The third kappa shape index (κ3) is 5.52. The van der Waals surface area contributed by atoms with E-state index in [1.807, 2.05) is 27.1 Å². The van der Waals surface area contributed by atoms with Gasteiger partial charge in [-0.3, -0.25) is 9.48 Å². The van der Waals surface area contributed by atoms with E-state index in [4.69, 9.17) is 9.90 Å². The summed E-state index contributed by atoms with van der Waals surface area (Å²) in [5, 5.41) is 17.6. The highest BCUT2D eigenvalue weighted by Gasteiger charge is 2.38. The van der Waals surface area contributed by atoms with Crippen molar-refractivity contribution in [1.29, 1.82) is 0 Å². The Hall–Kier alpha value is -2.10. The predicted molar refractivity (Wildman–Crippen MR) is 80.5 cm³/mol. The monoisotopic (exact) mass is 350 g/mol. The Labute approximate surface area is 137 Å². The molecule has 0 atom stereocenters. The number of nitrogens with zero attached hydrogens (tertiary/aromatic N) is 2. The molecule has 24 heavy (non-hydrogen) atoms. The van der Waals surface area contributed by atoms with E-state index in [0.29, 0.717) is 0 Å². The van der Waals surface area contributed by atoms with Crippen LogP contribution in [0.5, 0.6) is 0 Å². The lowest BCUT2D eigenvalue weighted by atomic mass is 9.80. The molecule has 1 saturated heterocycles. The maximum Gasteiger partial charge on any atom is 0.490 e. The van der Waals surface area contributed by atoms with Crippen LogP contribution >= 0.6 is 0 Å². The molecule has 1 aliphatic heterocycles. The minimum atomic E-state index is -5.08. The van der Waals surface area contributed by atoms with Crippen molar-refractivity contribution in [3.8, 4) is 0 Å². The van der Waals surface area contributed by atoms with Gasteiger partial charge >= 0.3 is 12.1 Å². The van der Waals surface area contributed by atoms with Crippen molar-refractivity contribution in [3.05, 3.63) is 11.9 Å². The van der Waals surface area contributed by atoms with Crippen LogP contribution in [0.2, 0.25) is 0 Å². The highest BCUT2D eigenvalue weighted by atomic mass is 19.4. The maximum absolute atomic E-state index is 12.3. The maximum atomic E-state index is 12.3. The number of halogens is 3. The molecule has 0 aromatic carbocycles. The molecule has 10 heteroatoms. The van der Waals surface area contributed by atoms with E-state index in [0.717, 1.165) is 37.3 Å². The van der Waals surface area contributed by atoms with Gasteiger partial charge in [-0.25, -0.2) is 4.79 Å². The molecule has 2 heterocycles. The van der Waals surface area contributed by atoms with E-state index in [9.17, 15) is 18.0 Å². The molecule has 1 fully saturated rings. The fourth-order valence-corrected chi connectivity index (χ4v) is 2.20. The Kier molecular flexibility index (Phi) is 6.35. The molecule has 0 bridgehead atoms. The summed E-state index contributed by atoms with van der Waals surface area (Å²) in [5.74, 6) is -2.65. The van der Waals surface area contributed by atoms with E-state index < -0.39 is 12.1 Å². The molecule has 1 aliphatic rings. The number of piperidine rings is 1. The van der Waals surface area contributed by atoms with E-state index in [1.54, 1.807) is 4.68 Å². The first kappa shape index (κ1) is 19.9.